The van der Waals surface area contributed by atoms with Gasteiger partial charge in [0.05, 0.1) is 11.6 Å². The molecule has 4 heteroatoms. The lowest BCUT2D eigenvalue weighted by Gasteiger charge is -2.04. The van der Waals surface area contributed by atoms with Gasteiger partial charge in [0.1, 0.15) is 0 Å². The van der Waals surface area contributed by atoms with Gasteiger partial charge in [-0.25, -0.2) is 4.98 Å². The van der Waals surface area contributed by atoms with E-state index in [9.17, 15) is 4.79 Å². The van der Waals surface area contributed by atoms with Gasteiger partial charge in [-0.2, -0.15) is 0 Å². The molecule has 0 aliphatic carbocycles. The Morgan fingerprint density at radius 1 is 1.69 bits per heavy atom. The minimum Gasteiger partial charge on any atom is -0.351 e. The number of hydrogen-bond acceptors (Lipinski definition) is 3. The predicted octanol–water partition coefficient (Wildman–Crippen LogP) is 1.72. The summed E-state index contributed by atoms with van der Waals surface area (Å²) in [7, 11) is 0. The molecule has 1 heterocycles. The van der Waals surface area contributed by atoms with Crippen LogP contribution in [0, 0.1) is 12.8 Å². The van der Waals surface area contributed by atoms with E-state index in [0.717, 1.165) is 9.88 Å². The van der Waals surface area contributed by atoms with E-state index in [4.69, 9.17) is 0 Å². The maximum Gasteiger partial charge on any atom is 0.222 e. The molecule has 1 aromatic rings. The van der Waals surface area contributed by atoms with Crippen molar-refractivity contribution in [3.05, 3.63) is 16.1 Å². The second-order valence-corrected chi connectivity index (χ2v) is 4.54. The minimum absolute atomic E-state index is 0.0500. The molecule has 1 N–H and O–H groups in total. The third kappa shape index (κ3) is 3.14. The summed E-state index contributed by atoms with van der Waals surface area (Å²) in [6.45, 7) is 6.32. The quantitative estimate of drug-likeness (QED) is 0.803. The number of thiazole rings is 1. The molecule has 0 unspecified atom stereocenters. The molecular formula is C9H14N2OS. The first-order valence-electron chi connectivity index (χ1n) is 4.28. The summed E-state index contributed by atoms with van der Waals surface area (Å²) in [5, 5.41) is 3.88. The Morgan fingerprint density at radius 3 is 2.85 bits per heavy atom. The summed E-state index contributed by atoms with van der Waals surface area (Å²) in [5.74, 6) is 0.139. The summed E-state index contributed by atoms with van der Waals surface area (Å²) in [6.07, 6.45) is 1.81. The largest absolute Gasteiger partial charge is 0.351 e. The van der Waals surface area contributed by atoms with Gasteiger partial charge in [-0.05, 0) is 6.92 Å². The topological polar surface area (TPSA) is 42.0 Å². The van der Waals surface area contributed by atoms with Crippen LogP contribution in [0.1, 0.15) is 23.7 Å². The number of carbonyl (C=O) groups excluding carboxylic acids is 1. The van der Waals surface area contributed by atoms with Crippen molar-refractivity contribution in [3.63, 3.8) is 0 Å². The molecule has 0 radical (unpaired) electrons. The van der Waals surface area contributed by atoms with Crippen LogP contribution in [0.2, 0.25) is 0 Å². The summed E-state index contributed by atoms with van der Waals surface area (Å²) in [5.41, 5.74) is 0. The van der Waals surface area contributed by atoms with Crippen molar-refractivity contribution in [2.24, 2.45) is 5.92 Å². The van der Waals surface area contributed by atoms with Crippen LogP contribution in [0.4, 0.5) is 0 Å². The van der Waals surface area contributed by atoms with Gasteiger partial charge < -0.3 is 5.32 Å². The maximum absolute atomic E-state index is 11.2. The molecule has 1 aromatic heterocycles. The van der Waals surface area contributed by atoms with Crippen molar-refractivity contribution in [1.82, 2.24) is 10.3 Å². The van der Waals surface area contributed by atoms with Gasteiger partial charge in [0.15, 0.2) is 0 Å². The molecule has 0 saturated carbocycles. The molecule has 0 saturated heterocycles. The Hall–Kier alpha value is -0.900. The maximum atomic E-state index is 11.2. The highest BCUT2D eigenvalue weighted by Gasteiger charge is 2.06. The third-order valence-electron chi connectivity index (χ3n) is 1.63. The van der Waals surface area contributed by atoms with Gasteiger partial charge in [-0.15, -0.1) is 11.3 Å². The SMILES string of the molecule is Cc1ncc(CNC(=O)C(C)C)s1. The second-order valence-electron chi connectivity index (χ2n) is 3.22. The summed E-state index contributed by atoms with van der Waals surface area (Å²) >= 11 is 1.62. The molecule has 1 rings (SSSR count). The highest BCUT2D eigenvalue weighted by Crippen LogP contribution is 2.10. The van der Waals surface area contributed by atoms with Crippen LogP contribution >= 0.6 is 11.3 Å². The van der Waals surface area contributed by atoms with Crippen molar-refractivity contribution in [2.75, 3.05) is 0 Å². The first-order chi connectivity index (χ1) is 6.09. The third-order valence-corrected chi connectivity index (χ3v) is 2.54. The van der Waals surface area contributed by atoms with E-state index in [2.05, 4.69) is 10.3 Å². The smallest absolute Gasteiger partial charge is 0.222 e. The number of aryl methyl sites for hydroxylation is 1. The molecular weight excluding hydrogens is 184 g/mol. The van der Waals surface area contributed by atoms with Crippen LogP contribution in [0.25, 0.3) is 0 Å². The van der Waals surface area contributed by atoms with Gasteiger partial charge >= 0.3 is 0 Å². The molecule has 0 aliphatic rings. The molecule has 13 heavy (non-hydrogen) atoms. The van der Waals surface area contributed by atoms with Crippen molar-refractivity contribution in [2.45, 2.75) is 27.3 Å². The molecule has 0 spiro atoms. The van der Waals surface area contributed by atoms with Crippen molar-refractivity contribution in [3.8, 4) is 0 Å². The van der Waals surface area contributed by atoms with E-state index in [1.807, 2.05) is 20.8 Å². The van der Waals surface area contributed by atoms with E-state index in [1.54, 1.807) is 17.5 Å². The van der Waals surface area contributed by atoms with Crippen LogP contribution in [0.15, 0.2) is 6.20 Å². The van der Waals surface area contributed by atoms with Crippen molar-refractivity contribution < 1.29 is 4.79 Å². The number of carbonyl (C=O) groups is 1. The van der Waals surface area contributed by atoms with Gasteiger partial charge in [0.2, 0.25) is 5.91 Å². The van der Waals surface area contributed by atoms with Gasteiger partial charge in [-0.3, -0.25) is 4.79 Å². The van der Waals surface area contributed by atoms with Crippen LogP contribution in [-0.2, 0) is 11.3 Å². The number of nitrogens with zero attached hydrogens (tertiary/aromatic N) is 1. The van der Waals surface area contributed by atoms with Crippen LogP contribution in [0.5, 0.6) is 0 Å². The zero-order chi connectivity index (χ0) is 9.84. The first kappa shape index (κ1) is 10.2. The normalized spacial score (nSPS) is 10.5. The zero-order valence-corrected chi connectivity index (χ0v) is 8.94. The molecule has 72 valence electrons. The highest BCUT2D eigenvalue weighted by molar-refractivity contribution is 7.11. The Bertz CT molecular complexity index is 294. The van der Waals surface area contributed by atoms with E-state index in [1.165, 1.54) is 0 Å². The zero-order valence-electron chi connectivity index (χ0n) is 8.13. The van der Waals surface area contributed by atoms with Crippen LogP contribution in [-0.4, -0.2) is 10.9 Å². The molecule has 1 amide bonds. The number of hydrogen-bond donors (Lipinski definition) is 1. The standard InChI is InChI=1S/C9H14N2OS/c1-6(2)9(12)11-5-8-4-10-7(3)13-8/h4,6H,5H2,1-3H3,(H,11,12). The molecule has 0 bridgehead atoms. The first-order valence-corrected chi connectivity index (χ1v) is 5.10. The second kappa shape index (κ2) is 4.37. The van der Waals surface area contributed by atoms with E-state index < -0.39 is 0 Å². The molecule has 0 aromatic carbocycles. The van der Waals surface area contributed by atoms with Gasteiger partial charge in [0, 0.05) is 17.0 Å². The van der Waals surface area contributed by atoms with Crippen molar-refractivity contribution in [1.29, 1.82) is 0 Å². The average molecular weight is 198 g/mol. The summed E-state index contributed by atoms with van der Waals surface area (Å²) < 4.78 is 0. The Kier molecular flexibility index (Phi) is 3.42. The molecule has 0 atom stereocenters. The van der Waals surface area contributed by atoms with Crippen molar-refractivity contribution >= 4 is 17.2 Å². The Labute approximate surface area is 82.2 Å². The highest BCUT2D eigenvalue weighted by atomic mass is 32.1. The lowest BCUT2D eigenvalue weighted by Crippen LogP contribution is -2.26. The molecule has 0 fully saturated rings. The summed E-state index contributed by atoms with van der Waals surface area (Å²) in [4.78, 5) is 16.4. The Balaban J connectivity index is 2.39. The molecule has 3 nitrogen and oxygen atoms in total. The number of amides is 1. The van der Waals surface area contributed by atoms with Gasteiger partial charge in [-0.1, -0.05) is 13.8 Å². The van der Waals surface area contributed by atoms with Crippen LogP contribution < -0.4 is 5.32 Å². The van der Waals surface area contributed by atoms with E-state index in [0.29, 0.717) is 6.54 Å². The number of aromatic nitrogens is 1. The predicted molar refractivity (Wildman–Crippen MR) is 53.5 cm³/mol. The average Bonchev–Trinajstić information content (AvgIpc) is 2.47. The molecule has 0 aliphatic heterocycles. The fourth-order valence-electron chi connectivity index (χ4n) is 0.865. The monoisotopic (exact) mass is 198 g/mol. The van der Waals surface area contributed by atoms with E-state index >= 15 is 0 Å². The summed E-state index contributed by atoms with van der Waals surface area (Å²) in [6, 6.07) is 0. The van der Waals surface area contributed by atoms with Gasteiger partial charge in [0.25, 0.3) is 0 Å². The minimum atomic E-state index is 0.0500. The van der Waals surface area contributed by atoms with Crippen LogP contribution in [0.3, 0.4) is 0 Å². The number of rotatable bonds is 3. The fraction of sp³-hybridized carbons (Fsp3) is 0.556. The lowest BCUT2D eigenvalue weighted by atomic mass is 10.2. The lowest BCUT2D eigenvalue weighted by molar-refractivity contribution is -0.124. The fourth-order valence-corrected chi connectivity index (χ4v) is 1.60. The van der Waals surface area contributed by atoms with E-state index in [-0.39, 0.29) is 11.8 Å². The number of nitrogens with one attached hydrogen (secondary N) is 1. The Morgan fingerprint density at radius 2 is 2.38 bits per heavy atom.